The molecule has 106 valence electrons. The smallest absolute Gasteiger partial charge is 0.136 e. The van der Waals surface area contributed by atoms with Crippen molar-refractivity contribution >= 4 is 11.6 Å². The van der Waals surface area contributed by atoms with Crippen molar-refractivity contribution in [2.75, 3.05) is 31.2 Å². The molecule has 0 aliphatic heterocycles. The van der Waals surface area contributed by atoms with Gasteiger partial charge in [-0.15, -0.1) is 0 Å². The molecule has 1 aliphatic rings. The zero-order valence-electron chi connectivity index (χ0n) is 12.2. The molecule has 0 radical (unpaired) electrons. The highest BCUT2D eigenvalue weighted by Gasteiger charge is 2.27. The molecule has 19 heavy (non-hydrogen) atoms. The summed E-state index contributed by atoms with van der Waals surface area (Å²) in [5, 5.41) is 3.35. The van der Waals surface area contributed by atoms with Crippen molar-refractivity contribution < 1.29 is 0 Å². The van der Waals surface area contributed by atoms with Gasteiger partial charge in [-0.05, 0) is 33.2 Å². The second-order valence-corrected chi connectivity index (χ2v) is 5.48. The van der Waals surface area contributed by atoms with E-state index in [0.29, 0.717) is 17.8 Å². The molecule has 1 saturated carbocycles. The second-order valence-electron chi connectivity index (χ2n) is 5.48. The number of hydrogen-bond donors (Lipinski definition) is 2. The van der Waals surface area contributed by atoms with Gasteiger partial charge in [0, 0.05) is 31.1 Å². The van der Waals surface area contributed by atoms with Crippen LogP contribution in [0, 0.1) is 0 Å². The van der Waals surface area contributed by atoms with E-state index in [1.54, 1.807) is 0 Å². The molecule has 1 aromatic heterocycles. The van der Waals surface area contributed by atoms with E-state index in [1.165, 1.54) is 19.3 Å². The number of anilines is 2. The summed E-state index contributed by atoms with van der Waals surface area (Å²) >= 11 is 0. The molecule has 0 bridgehead atoms. The lowest BCUT2D eigenvalue weighted by atomic mass is 10.2. The summed E-state index contributed by atoms with van der Waals surface area (Å²) in [6, 6.07) is 2.43. The fourth-order valence-electron chi connectivity index (χ4n) is 1.99. The summed E-state index contributed by atoms with van der Waals surface area (Å²) in [6.45, 7) is 6.33. The highest BCUT2D eigenvalue weighted by atomic mass is 15.1. The SMILES string of the molecule is CCC(C)N(C)CCNc1cc(N)nc(C2CC2)n1. The Bertz CT molecular complexity index is 416. The van der Waals surface area contributed by atoms with Crippen LogP contribution in [0.4, 0.5) is 11.6 Å². The van der Waals surface area contributed by atoms with Crippen LogP contribution in [-0.4, -0.2) is 41.0 Å². The van der Waals surface area contributed by atoms with Crippen molar-refractivity contribution in [2.24, 2.45) is 0 Å². The molecular weight excluding hydrogens is 238 g/mol. The fraction of sp³-hybridized carbons (Fsp3) is 0.714. The van der Waals surface area contributed by atoms with E-state index in [1.807, 2.05) is 6.07 Å². The Hall–Kier alpha value is -1.36. The third kappa shape index (κ3) is 4.06. The first-order chi connectivity index (χ1) is 9.10. The number of nitrogens with zero attached hydrogens (tertiary/aromatic N) is 3. The minimum atomic E-state index is 0.534. The monoisotopic (exact) mass is 263 g/mol. The lowest BCUT2D eigenvalue weighted by Gasteiger charge is -2.23. The van der Waals surface area contributed by atoms with Gasteiger partial charge >= 0.3 is 0 Å². The van der Waals surface area contributed by atoms with Crippen molar-refractivity contribution in [1.29, 1.82) is 0 Å². The van der Waals surface area contributed by atoms with Crippen LogP contribution in [0.25, 0.3) is 0 Å². The Morgan fingerprint density at radius 3 is 2.84 bits per heavy atom. The molecule has 1 heterocycles. The molecule has 1 unspecified atom stereocenters. The van der Waals surface area contributed by atoms with Crippen molar-refractivity contribution in [3.05, 3.63) is 11.9 Å². The summed E-state index contributed by atoms with van der Waals surface area (Å²) in [5.41, 5.74) is 5.82. The number of nitrogens with two attached hydrogens (primary N) is 1. The van der Waals surface area contributed by atoms with Gasteiger partial charge in [-0.2, -0.15) is 0 Å². The maximum atomic E-state index is 5.82. The van der Waals surface area contributed by atoms with E-state index in [2.05, 4.69) is 41.1 Å². The molecule has 0 spiro atoms. The van der Waals surface area contributed by atoms with Gasteiger partial charge in [-0.1, -0.05) is 6.92 Å². The van der Waals surface area contributed by atoms with Crippen LogP contribution < -0.4 is 11.1 Å². The van der Waals surface area contributed by atoms with Gasteiger partial charge in [-0.3, -0.25) is 0 Å². The third-order valence-corrected chi connectivity index (χ3v) is 3.82. The molecule has 0 aromatic carbocycles. The van der Waals surface area contributed by atoms with Crippen LogP contribution in [0.1, 0.15) is 44.9 Å². The third-order valence-electron chi connectivity index (χ3n) is 3.82. The van der Waals surface area contributed by atoms with Gasteiger partial charge in [0.2, 0.25) is 0 Å². The second kappa shape index (κ2) is 6.19. The van der Waals surface area contributed by atoms with Gasteiger partial charge in [0.1, 0.15) is 17.5 Å². The molecule has 2 rings (SSSR count). The van der Waals surface area contributed by atoms with E-state index < -0.39 is 0 Å². The summed E-state index contributed by atoms with van der Waals surface area (Å²) in [6.07, 6.45) is 3.56. The number of nitrogens with one attached hydrogen (secondary N) is 1. The minimum absolute atomic E-state index is 0.534. The number of rotatable bonds is 7. The number of likely N-dealkylation sites (N-methyl/N-ethyl adjacent to an activating group) is 1. The maximum Gasteiger partial charge on any atom is 0.136 e. The van der Waals surface area contributed by atoms with Crippen LogP contribution in [0.3, 0.4) is 0 Å². The lowest BCUT2D eigenvalue weighted by Crippen LogP contribution is -2.32. The first kappa shape index (κ1) is 14.1. The Balaban J connectivity index is 1.85. The van der Waals surface area contributed by atoms with Crippen LogP contribution >= 0.6 is 0 Å². The zero-order chi connectivity index (χ0) is 13.8. The number of aromatic nitrogens is 2. The molecular formula is C14H25N5. The average Bonchev–Trinajstić information content (AvgIpc) is 3.21. The molecule has 3 N–H and O–H groups in total. The quantitative estimate of drug-likeness (QED) is 0.788. The first-order valence-corrected chi connectivity index (χ1v) is 7.18. The van der Waals surface area contributed by atoms with E-state index in [-0.39, 0.29) is 0 Å². The summed E-state index contributed by atoms with van der Waals surface area (Å²) in [7, 11) is 2.15. The molecule has 1 atom stereocenters. The fourth-order valence-corrected chi connectivity index (χ4v) is 1.99. The average molecular weight is 263 g/mol. The normalized spacial score (nSPS) is 16.6. The van der Waals surface area contributed by atoms with E-state index in [9.17, 15) is 0 Å². The molecule has 1 aliphatic carbocycles. The van der Waals surface area contributed by atoms with E-state index in [0.717, 1.165) is 24.7 Å². The van der Waals surface area contributed by atoms with Crippen LogP contribution in [0.2, 0.25) is 0 Å². The van der Waals surface area contributed by atoms with Gasteiger partial charge < -0.3 is 16.0 Å². The zero-order valence-corrected chi connectivity index (χ0v) is 12.2. The van der Waals surface area contributed by atoms with Gasteiger partial charge in [0.05, 0.1) is 0 Å². The number of nitrogen functional groups attached to an aromatic ring is 1. The Morgan fingerprint density at radius 2 is 2.21 bits per heavy atom. The highest BCUT2D eigenvalue weighted by molar-refractivity contribution is 5.45. The maximum absolute atomic E-state index is 5.82. The van der Waals surface area contributed by atoms with Gasteiger partial charge in [0.15, 0.2) is 0 Å². The predicted octanol–water partition coefficient (Wildman–Crippen LogP) is 2.08. The van der Waals surface area contributed by atoms with Crippen LogP contribution in [0.5, 0.6) is 0 Å². The molecule has 0 saturated heterocycles. The molecule has 0 amide bonds. The number of hydrogen-bond acceptors (Lipinski definition) is 5. The summed E-state index contributed by atoms with van der Waals surface area (Å²) in [5.74, 6) is 2.85. The van der Waals surface area contributed by atoms with Gasteiger partial charge in [0.25, 0.3) is 0 Å². The lowest BCUT2D eigenvalue weighted by molar-refractivity contribution is 0.261. The Labute approximate surface area is 115 Å². The standard InChI is InChI=1S/C14H25N5/c1-4-10(2)19(3)8-7-16-13-9-12(15)17-14(18-13)11-5-6-11/h9-11H,4-8H2,1-3H3,(H3,15,16,17,18). The Morgan fingerprint density at radius 1 is 1.47 bits per heavy atom. The molecule has 1 fully saturated rings. The van der Waals surface area contributed by atoms with E-state index >= 15 is 0 Å². The van der Waals surface area contributed by atoms with Crippen LogP contribution in [-0.2, 0) is 0 Å². The summed E-state index contributed by atoms with van der Waals surface area (Å²) < 4.78 is 0. The topological polar surface area (TPSA) is 67.1 Å². The predicted molar refractivity (Wildman–Crippen MR) is 79.3 cm³/mol. The van der Waals surface area contributed by atoms with Crippen molar-refractivity contribution in [2.45, 2.75) is 45.1 Å². The van der Waals surface area contributed by atoms with Crippen molar-refractivity contribution in [3.8, 4) is 0 Å². The highest BCUT2D eigenvalue weighted by Crippen LogP contribution is 2.38. The van der Waals surface area contributed by atoms with Crippen molar-refractivity contribution in [1.82, 2.24) is 14.9 Å². The minimum Gasteiger partial charge on any atom is -0.384 e. The molecule has 5 nitrogen and oxygen atoms in total. The van der Waals surface area contributed by atoms with Crippen LogP contribution in [0.15, 0.2) is 6.07 Å². The Kier molecular flexibility index (Phi) is 4.58. The largest absolute Gasteiger partial charge is 0.384 e. The van der Waals surface area contributed by atoms with Gasteiger partial charge in [-0.25, -0.2) is 9.97 Å². The van der Waals surface area contributed by atoms with E-state index in [4.69, 9.17) is 5.73 Å². The summed E-state index contributed by atoms with van der Waals surface area (Å²) in [4.78, 5) is 11.2. The molecule has 5 heteroatoms. The molecule has 1 aromatic rings. The first-order valence-electron chi connectivity index (χ1n) is 7.18. The van der Waals surface area contributed by atoms with Crippen molar-refractivity contribution in [3.63, 3.8) is 0 Å².